The lowest BCUT2D eigenvalue weighted by molar-refractivity contribution is -0.295. The number of hydrogen-bond donors (Lipinski definition) is 3. The number of rotatable bonds is 4. The summed E-state index contributed by atoms with van der Waals surface area (Å²) in [6, 6.07) is 0. The summed E-state index contributed by atoms with van der Waals surface area (Å²) in [5, 5.41) is 1.61. The van der Waals surface area contributed by atoms with E-state index in [1.807, 2.05) is 0 Å². The molecule has 26 heavy (non-hydrogen) atoms. The largest absolute Gasteiger partial charge is 0.439 e. The second-order valence-electron chi connectivity index (χ2n) is 5.83. The van der Waals surface area contributed by atoms with Crippen LogP contribution in [0.5, 0.6) is 0 Å². The summed E-state index contributed by atoms with van der Waals surface area (Å²) >= 11 is 0.613. The molecule has 0 spiro atoms. The van der Waals surface area contributed by atoms with Gasteiger partial charge >= 0.3 is 18.0 Å². The van der Waals surface area contributed by atoms with E-state index in [1.165, 1.54) is 5.32 Å². The van der Waals surface area contributed by atoms with E-state index < -0.39 is 40.4 Å². The van der Waals surface area contributed by atoms with Crippen LogP contribution in [0, 0.1) is 0 Å². The number of amides is 2. The molecule has 1 aliphatic carbocycles. The Balaban J connectivity index is 2.64. The molecule has 1 heterocycles. The maximum atomic E-state index is 13.4. The maximum absolute atomic E-state index is 13.4. The number of nitrogens with one attached hydrogen (secondary N) is 2. The number of alkyl halides is 6. The van der Waals surface area contributed by atoms with E-state index in [0.717, 1.165) is 5.32 Å². The molecular weight excluding hydrogens is 388 g/mol. The Hall–Kier alpha value is -1.98. The van der Waals surface area contributed by atoms with Gasteiger partial charge < -0.3 is 16.4 Å². The molecule has 0 unspecified atom stereocenters. The minimum Gasteiger partial charge on any atom is -0.365 e. The van der Waals surface area contributed by atoms with Crippen molar-refractivity contribution >= 4 is 28.2 Å². The Bertz CT molecular complexity index is 711. The third-order valence-electron chi connectivity index (χ3n) is 3.93. The number of carbonyl (C=O) groups excluding carboxylic acids is 2. The van der Waals surface area contributed by atoms with Crippen LogP contribution in [0.4, 0.5) is 31.3 Å². The van der Waals surface area contributed by atoms with Gasteiger partial charge in [-0.3, -0.25) is 9.59 Å². The molecule has 5 nitrogen and oxygen atoms in total. The van der Waals surface area contributed by atoms with Crippen molar-refractivity contribution in [1.29, 1.82) is 0 Å². The van der Waals surface area contributed by atoms with Crippen molar-refractivity contribution in [1.82, 2.24) is 5.32 Å². The van der Waals surface area contributed by atoms with Crippen molar-refractivity contribution in [3.05, 3.63) is 16.0 Å². The fraction of sp³-hybridized carbons (Fsp3) is 0.571. The summed E-state index contributed by atoms with van der Waals surface area (Å²) in [5.74, 6) is -2.68. The highest BCUT2D eigenvalue weighted by Gasteiger charge is 2.72. The zero-order chi connectivity index (χ0) is 19.9. The minimum absolute atomic E-state index is 0.330. The first-order valence-corrected chi connectivity index (χ1v) is 8.26. The monoisotopic (exact) mass is 403 g/mol. The van der Waals surface area contributed by atoms with Crippen molar-refractivity contribution in [2.75, 3.05) is 5.32 Å². The highest BCUT2D eigenvalue weighted by atomic mass is 32.1. The van der Waals surface area contributed by atoms with Gasteiger partial charge in [0.2, 0.25) is 5.91 Å². The number of anilines is 1. The van der Waals surface area contributed by atoms with Crippen molar-refractivity contribution in [3.8, 4) is 0 Å². The second-order valence-corrected chi connectivity index (χ2v) is 6.94. The van der Waals surface area contributed by atoms with Gasteiger partial charge in [0, 0.05) is 11.8 Å². The molecule has 146 valence electrons. The summed E-state index contributed by atoms with van der Waals surface area (Å²) in [6.07, 6.45) is -9.78. The SMILES string of the molecule is CC(=O)NC(Nc1sc2c(c1C(N)=O)CCCC2)(C(F)(F)F)C(F)(F)F. The molecule has 12 heteroatoms. The van der Waals surface area contributed by atoms with Crippen LogP contribution < -0.4 is 16.4 Å². The van der Waals surface area contributed by atoms with Crippen molar-refractivity contribution in [2.45, 2.75) is 50.6 Å². The first kappa shape index (κ1) is 20.3. The van der Waals surface area contributed by atoms with Crippen LogP contribution in [0.15, 0.2) is 0 Å². The molecule has 2 rings (SSSR count). The predicted molar refractivity (Wildman–Crippen MR) is 81.8 cm³/mol. The Labute approximate surface area is 147 Å². The standard InChI is InChI=1S/C14H15F6N3O2S/c1-6(24)22-12(13(15,16)17,14(18,19)20)23-11-9(10(21)25)7-4-2-3-5-8(7)26-11/h23H,2-5H2,1H3,(H2,21,25)(H,22,24). The van der Waals surface area contributed by atoms with Gasteiger partial charge in [0.15, 0.2) is 0 Å². The van der Waals surface area contributed by atoms with E-state index in [0.29, 0.717) is 54.4 Å². The number of fused-ring (bicyclic) bond motifs is 1. The number of thiophene rings is 1. The molecule has 2 amide bonds. The first-order valence-electron chi connectivity index (χ1n) is 7.45. The van der Waals surface area contributed by atoms with E-state index >= 15 is 0 Å². The lowest BCUT2D eigenvalue weighted by Crippen LogP contribution is -2.72. The molecule has 0 saturated heterocycles. The molecule has 0 aliphatic heterocycles. The molecule has 0 saturated carbocycles. The van der Waals surface area contributed by atoms with Gasteiger partial charge in [-0.05, 0) is 31.2 Å². The second kappa shape index (κ2) is 6.63. The van der Waals surface area contributed by atoms with Crippen LogP contribution in [0.3, 0.4) is 0 Å². The molecule has 1 aromatic rings. The average molecular weight is 403 g/mol. The van der Waals surface area contributed by atoms with Crippen molar-refractivity contribution in [3.63, 3.8) is 0 Å². The van der Waals surface area contributed by atoms with Gasteiger partial charge in [-0.1, -0.05) is 0 Å². The number of primary amides is 1. The normalized spacial score (nSPS) is 15.3. The molecule has 0 atom stereocenters. The highest BCUT2D eigenvalue weighted by Crippen LogP contribution is 2.47. The van der Waals surface area contributed by atoms with E-state index in [2.05, 4.69) is 0 Å². The van der Waals surface area contributed by atoms with Crippen LogP contribution in [0.2, 0.25) is 0 Å². The van der Waals surface area contributed by atoms with Gasteiger partial charge in [0.25, 0.3) is 5.91 Å². The van der Waals surface area contributed by atoms with Crippen LogP contribution in [-0.2, 0) is 17.6 Å². The topological polar surface area (TPSA) is 84.2 Å². The quantitative estimate of drug-likeness (QED) is 0.534. The van der Waals surface area contributed by atoms with Gasteiger partial charge in [-0.15, -0.1) is 11.3 Å². The number of halogens is 6. The summed E-state index contributed by atoms with van der Waals surface area (Å²) in [7, 11) is 0. The summed E-state index contributed by atoms with van der Waals surface area (Å²) in [4.78, 5) is 23.3. The van der Waals surface area contributed by atoms with E-state index in [-0.39, 0.29) is 0 Å². The highest BCUT2D eigenvalue weighted by molar-refractivity contribution is 7.16. The fourth-order valence-electron chi connectivity index (χ4n) is 2.82. The Kier molecular flexibility index (Phi) is 5.19. The van der Waals surface area contributed by atoms with Gasteiger partial charge in [0.05, 0.1) is 5.56 Å². The van der Waals surface area contributed by atoms with Crippen molar-refractivity contribution in [2.24, 2.45) is 5.73 Å². The number of carbonyl (C=O) groups is 2. The predicted octanol–water partition coefficient (Wildman–Crippen LogP) is 3.09. The van der Waals surface area contributed by atoms with Crippen LogP contribution in [0.1, 0.15) is 40.6 Å². The van der Waals surface area contributed by atoms with E-state index in [4.69, 9.17) is 5.73 Å². The number of aryl methyl sites for hydroxylation is 1. The molecular formula is C14H15F6N3O2S. The van der Waals surface area contributed by atoms with Crippen molar-refractivity contribution < 1.29 is 35.9 Å². The summed E-state index contributed by atoms with van der Waals surface area (Å²) in [5.41, 5.74) is 0.416. The molecule has 1 aliphatic rings. The lowest BCUT2D eigenvalue weighted by atomic mass is 9.95. The fourth-order valence-corrected chi connectivity index (χ4v) is 4.17. The summed E-state index contributed by atoms with van der Waals surface area (Å²) < 4.78 is 80.5. The third-order valence-corrected chi connectivity index (χ3v) is 5.14. The third kappa shape index (κ3) is 3.46. The first-order chi connectivity index (χ1) is 11.8. The average Bonchev–Trinajstić information content (AvgIpc) is 2.81. The smallest absolute Gasteiger partial charge is 0.365 e. The zero-order valence-corrected chi connectivity index (χ0v) is 14.2. The Morgan fingerprint density at radius 2 is 1.58 bits per heavy atom. The maximum Gasteiger partial charge on any atom is 0.439 e. The molecule has 0 aromatic carbocycles. The summed E-state index contributed by atoms with van der Waals surface area (Å²) in [6.45, 7) is 0.530. The number of hydrogen-bond acceptors (Lipinski definition) is 4. The Morgan fingerprint density at radius 3 is 2.04 bits per heavy atom. The Morgan fingerprint density at radius 1 is 1.04 bits per heavy atom. The van der Waals surface area contributed by atoms with Crippen LogP contribution >= 0.6 is 11.3 Å². The van der Waals surface area contributed by atoms with Crippen LogP contribution in [0.25, 0.3) is 0 Å². The minimum atomic E-state index is -5.93. The molecule has 0 fully saturated rings. The van der Waals surface area contributed by atoms with Gasteiger partial charge in [-0.25, -0.2) is 0 Å². The number of nitrogens with two attached hydrogens (primary N) is 1. The molecule has 4 N–H and O–H groups in total. The van der Waals surface area contributed by atoms with Crippen LogP contribution in [-0.4, -0.2) is 29.8 Å². The van der Waals surface area contributed by atoms with Gasteiger partial charge in [0.1, 0.15) is 5.00 Å². The molecule has 0 bridgehead atoms. The molecule has 0 radical (unpaired) electrons. The van der Waals surface area contributed by atoms with E-state index in [9.17, 15) is 35.9 Å². The molecule has 1 aromatic heterocycles. The van der Waals surface area contributed by atoms with Gasteiger partial charge in [-0.2, -0.15) is 26.3 Å². The lowest BCUT2D eigenvalue weighted by Gasteiger charge is -2.38. The van der Waals surface area contributed by atoms with E-state index in [1.54, 1.807) is 0 Å². The zero-order valence-electron chi connectivity index (χ0n) is 13.4.